The van der Waals surface area contributed by atoms with E-state index in [0.29, 0.717) is 5.71 Å². The van der Waals surface area contributed by atoms with E-state index in [1.54, 1.807) is 6.92 Å². The van der Waals surface area contributed by atoms with Crippen LogP contribution in [0.3, 0.4) is 0 Å². The smallest absolute Gasteiger partial charge is 0.352 e. The van der Waals surface area contributed by atoms with Gasteiger partial charge in [-0.1, -0.05) is 19.1 Å². The second kappa shape index (κ2) is 6.13. The molecule has 0 atom stereocenters. The van der Waals surface area contributed by atoms with Crippen molar-refractivity contribution in [1.29, 1.82) is 0 Å². The standard InChI is InChI=1S/C11H17NO2/c1-6-8(2)7-9(3)12-10(4)11(13)14-5/h7H,2,6H2,1,3-5H3/b9-7-,12-10+. The van der Waals surface area contributed by atoms with E-state index in [1.165, 1.54) is 7.11 Å². The fourth-order valence-corrected chi connectivity index (χ4v) is 0.888. The first kappa shape index (κ1) is 12.6. The molecular weight excluding hydrogens is 178 g/mol. The van der Waals surface area contributed by atoms with Crippen molar-refractivity contribution in [3.8, 4) is 0 Å². The van der Waals surface area contributed by atoms with Gasteiger partial charge in [-0.05, 0) is 26.3 Å². The van der Waals surface area contributed by atoms with E-state index < -0.39 is 5.97 Å². The van der Waals surface area contributed by atoms with Gasteiger partial charge in [0.05, 0.1) is 7.11 Å². The first-order valence-electron chi connectivity index (χ1n) is 4.51. The Labute approximate surface area is 85.2 Å². The highest BCUT2D eigenvalue weighted by molar-refractivity contribution is 6.35. The third-order valence-corrected chi connectivity index (χ3v) is 1.69. The first-order chi connectivity index (χ1) is 6.51. The third kappa shape index (κ3) is 4.60. The molecule has 0 unspecified atom stereocenters. The monoisotopic (exact) mass is 195 g/mol. The van der Waals surface area contributed by atoms with Crippen LogP contribution in [-0.2, 0) is 9.53 Å². The summed E-state index contributed by atoms with van der Waals surface area (Å²) in [6, 6.07) is 0. The fraction of sp³-hybridized carbons (Fsp3) is 0.455. The molecule has 0 fully saturated rings. The molecule has 0 saturated carbocycles. The van der Waals surface area contributed by atoms with Crippen LogP contribution in [0.4, 0.5) is 0 Å². The molecule has 0 aliphatic carbocycles. The van der Waals surface area contributed by atoms with E-state index in [9.17, 15) is 4.79 Å². The molecule has 0 aromatic rings. The number of aliphatic imine (C=N–C) groups is 1. The van der Waals surface area contributed by atoms with Crippen molar-refractivity contribution in [1.82, 2.24) is 0 Å². The number of methoxy groups -OCH3 is 1. The Bertz CT molecular complexity index is 288. The normalized spacial score (nSPS) is 12.6. The summed E-state index contributed by atoms with van der Waals surface area (Å²) in [7, 11) is 1.34. The highest BCUT2D eigenvalue weighted by Gasteiger charge is 2.03. The summed E-state index contributed by atoms with van der Waals surface area (Å²) in [5, 5.41) is 0. The van der Waals surface area contributed by atoms with Gasteiger partial charge >= 0.3 is 5.97 Å². The molecule has 0 N–H and O–H groups in total. The van der Waals surface area contributed by atoms with Gasteiger partial charge in [0, 0.05) is 5.70 Å². The lowest BCUT2D eigenvalue weighted by atomic mass is 10.2. The SMILES string of the molecule is C=C(/C=C(C)\N=C(/C)C(=O)OC)CC. The molecule has 14 heavy (non-hydrogen) atoms. The van der Waals surface area contributed by atoms with Gasteiger partial charge in [-0.25, -0.2) is 4.79 Å². The van der Waals surface area contributed by atoms with E-state index >= 15 is 0 Å². The zero-order valence-corrected chi connectivity index (χ0v) is 9.26. The summed E-state index contributed by atoms with van der Waals surface area (Å²) in [6.07, 6.45) is 2.73. The van der Waals surface area contributed by atoms with Crippen LogP contribution < -0.4 is 0 Å². The highest BCUT2D eigenvalue weighted by atomic mass is 16.5. The Morgan fingerprint density at radius 2 is 2.07 bits per heavy atom. The molecule has 0 aromatic heterocycles. The lowest BCUT2D eigenvalue weighted by molar-refractivity contribution is -0.132. The van der Waals surface area contributed by atoms with Gasteiger partial charge < -0.3 is 4.74 Å². The number of ether oxygens (including phenoxy) is 1. The molecular formula is C11H17NO2. The van der Waals surface area contributed by atoms with Crippen molar-refractivity contribution in [3.05, 3.63) is 23.9 Å². The van der Waals surface area contributed by atoms with Crippen molar-refractivity contribution < 1.29 is 9.53 Å². The van der Waals surface area contributed by atoms with Crippen molar-refractivity contribution in [2.24, 2.45) is 4.99 Å². The van der Waals surface area contributed by atoms with E-state index in [1.807, 2.05) is 19.9 Å². The predicted molar refractivity (Wildman–Crippen MR) is 58.3 cm³/mol. The van der Waals surface area contributed by atoms with Gasteiger partial charge in [-0.3, -0.25) is 4.99 Å². The predicted octanol–water partition coefficient (Wildman–Crippen LogP) is 2.49. The summed E-state index contributed by atoms with van der Waals surface area (Å²) in [4.78, 5) is 15.1. The Balaban J connectivity index is 4.57. The van der Waals surface area contributed by atoms with Crippen LogP contribution in [0.15, 0.2) is 28.9 Å². The van der Waals surface area contributed by atoms with Crippen LogP contribution in [-0.4, -0.2) is 18.8 Å². The first-order valence-corrected chi connectivity index (χ1v) is 4.51. The number of hydrogen-bond acceptors (Lipinski definition) is 3. The topological polar surface area (TPSA) is 38.7 Å². The van der Waals surface area contributed by atoms with E-state index in [-0.39, 0.29) is 0 Å². The Morgan fingerprint density at radius 3 is 2.50 bits per heavy atom. The second-order valence-corrected chi connectivity index (χ2v) is 2.99. The number of carbonyl (C=O) groups excluding carboxylic acids is 1. The summed E-state index contributed by atoms with van der Waals surface area (Å²) in [5.41, 5.74) is 2.11. The Morgan fingerprint density at radius 1 is 1.50 bits per heavy atom. The van der Waals surface area contributed by atoms with Crippen LogP contribution in [0, 0.1) is 0 Å². The molecule has 0 aliphatic rings. The van der Waals surface area contributed by atoms with E-state index in [4.69, 9.17) is 0 Å². The minimum absolute atomic E-state index is 0.352. The van der Waals surface area contributed by atoms with Gasteiger partial charge in [0.2, 0.25) is 0 Å². The lowest BCUT2D eigenvalue weighted by Gasteiger charge is -1.99. The van der Waals surface area contributed by atoms with Crippen LogP contribution in [0.1, 0.15) is 27.2 Å². The maximum Gasteiger partial charge on any atom is 0.352 e. The van der Waals surface area contributed by atoms with Gasteiger partial charge in [-0.15, -0.1) is 0 Å². The zero-order chi connectivity index (χ0) is 11.1. The van der Waals surface area contributed by atoms with E-state index in [2.05, 4.69) is 16.3 Å². The van der Waals surface area contributed by atoms with Crippen LogP contribution >= 0.6 is 0 Å². The number of carbonyl (C=O) groups is 1. The lowest BCUT2D eigenvalue weighted by Crippen LogP contribution is -2.11. The molecule has 0 aliphatic heterocycles. The average Bonchev–Trinajstić information content (AvgIpc) is 2.15. The quantitative estimate of drug-likeness (QED) is 0.392. The number of hydrogen-bond donors (Lipinski definition) is 0. The van der Waals surface area contributed by atoms with Gasteiger partial charge in [0.25, 0.3) is 0 Å². The maximum absolute atomic E-state index is 11.0. The summed E-state index contributed by atoms with van der Waals surface area (Å²) >= 11 is 0. The molecule has 0 radical (unpaired) electrons. The molecule has 78 valence electrons. The molecule has 0 heterocycles. The number of rotatable bonds is 4. The molecule has 0 aromatic carbocycles. The molecule has 0 spiro atoms. The number of esters is 1. The third-order valence-electron chi connectivity index (χ3n) is 1.69. The van der Waals surface area contributed by atoms with Gasteiger partial charge in [0.1, 0.15) is 5.71 Å². The molecule has 0 saturated heterocycles. The van der Waals surface area contributed by atoms with E-state index in [0.717, 1.165) is 17.7 Å². The van der Waals surface area contributed by atoms with Gasteiger partial charge in [-0.2, -0.15) is 0 Å². The Kier molecular flexibility index (Phi) is 5.53. The molecule has 3 heteroatoms. The number of nitrogens with zero attached hydrogens (tertiary/aromatic N) is 1. The maximum atomic E-state index is 11.0. The second-order valence-electron chi connectivity index (χ2n) is 2.99. The van der Waals surface area contributed by atoms with Crippen molar-refractivity contribution in [3.63, 3.8) is 0 Å². The molecule has 0 rings (SSSR count). The van der Waals surface area contributed by atoms with Crippen LogP contribution in [0.5, 0.6) is 0 Å². The summed E-state index contributed by atoms with van der Waals surface area (Å²) in [5.74, 6) is -0.403. The van der Waals surface area contributed by atoms with Crippen molar-refractivity contribution in [2.45, 2.75) is 27.2 Å². The van der Waals surface area contributed by atoms with Gasteiger partial charge in [0.15, 0.2) is 0 Å². The van der Waals surface area contributed by atoms with Crippen molar-refractivity contribution in [2.75, 3.05) is 7.11 Å². The summed E-state index contributed by atoms with van der Waals surface area (Å²) in [6.45, 7) is 9.29. The zero-order valence-electron chi connectivity index (χ0n) is 9.26. The van der Waals surface area contributed by atoms with Crippen LogP contribution in [0.2, 0.25) is 0 Å². The number of allylic oxidation sites excluding steroid dienone is 3. The highest BCUT2D eigenvalue weighted by Crippen LogP contribution is 2.05. The molecule has 0 bridgehead atoms. The van der Waals surface area contributed by atoms with Crippen LogP contribution in [0.25, 0.3) is 0 Å². The summed E-state index contributed by atoms with van der Waals surface area (Å²) < 4.78 is 4.52. The largest absolute Gasteiger partial charge is 0.465 e. The molecule has 0 amide bonds. The average molecular weight is 195 g/mol. The Hall–Kier alpha value is -1.38. The fourth-order valence-electron chi connectivity index (χ4n) is 0.888. The van der Waals surface area contributed by atoms with Crippen molar-refractivity contribution >= 4 is 11.7 Å². The molecule has 3 nitrogen and oxygen atoms in total. The minimum atomic E-state index is -0.403. The minimum Gasteiger partial charge on any atom is -0.465 e.